The van der Waals surface area contributed by atoms with E-state index in [4.69, 9.17) is 32.9 Å². The highest BCUT2D eigenvalue weighted by atomic mass is 35.5. The lowest BCUT2D eigenvalue weighted by molar-refractivity contribution is -0.142. The number of nitrogens with zero attached hydrogens (tertiary/aromatic N) is 2. The van der Waals surface area contributed by atoms with Crippen LogP contribution in [0.25, 0.3) is 0 Å². The number of rotatable bonds is 5. The maximum Gasteiger partial charge on any atom is 0.302 e. The van der Waals surface area contributed by atoms with Crippen molar-refractivity contribution < 1.29 is 9.53 Å². The molecule has 0 spiro atoms. The smallest absolute Gasteiger partial charge is 0.302 e. The van der Waals surface area contributed by atoms with Gasteiger partial charge in [-0.2, -0.15) is 0 Å². The zero-order valence-electron chi connectivity index (χ0n) is 18.4. The van der Waals surface area contributed by atoms with Crippen LogP contribution in [-0.2, 0) is 16.1 Å². The lowest BCUT2D eigenvalue weighted by Crippen LogP contribution is -2.27. The van der Waals surface area contributed by atoms with Gasteiger partial charge in [0.1, 0.15) is 6.61 Å². The largest absolute Gasteiger partial charge is 0.461 e. The Morgan fingerprint density at radius 2 is 1.74 bits per heavy atom. The number of carbonyl (C=O) groups is 1. The van der Waals surface area contributed by atoms with E-state index in [9.17, 15) is 4.79 Å². The highest BCUT2D eigenvalue weighted by Gasteiger charge is 2.28. The Balaban J connectivity index is 1.54. The molecule has 0 unspecified atom stereocenters. The van der Waals surface area contributed by atoms with Gasteiger partial charge >= 0.3 is 5.97 Å². The van der Waals surface area contributed by atoms with Crippen molar-refractivity contribution in [3.63, 3.8) is 0 Å². The topological polar surface area (TPSA) is 53.9 Å². The number of fused-ring (bicyclic) bond motifs is 2. The Hall–Kier alpha value is -3.54. The number of hydrogen-bond acceptors (Lipinski definition) is 5. The predicted octanol–water partition coefficient (Wildman–Crippen LogP) is 7.56. The third kappa shape index (κ3) is 4.72. The molecular weight excluding hydrogens is 469 g/mol. The highest BCUT2D eigenvalue weighted by Crippen LogP contribution is 2.43. The van der Waals surface area contributed by atoms with Crippen LogP contribution < -0.4 is 10.2 Å². The monoisotopic (exact) mass is 489 g/mol. The third-order valence-corrected chi connectivity index (χ3v) is 6.03. The molecule has 1 aliphatic carbocycles. The molecule has 0 atom stereocenters. The first-order chi connectivity index (χ1) is 16.5. The number of carbonyl (C=O) groups excluding carboxylic acids is 1. The van der Waals surface area contributed by atoms with Crippen molar-refractivity contribution in [1.29, 1.82) is 0 Å². The summed E-state index contributed by atoms with van der Waals surface area (Å²) in [7, 11) is 0. The summed E-state index contributed by atoms with van der Waals surface area (Å²) in [6.45, 7) is 1.61. The van der Waals surface area contributed by atoms with Gasteiger partial charge in [0, 0.05) is 40.5 Å². The highest BCUT2D eigenvalue weighted by molar-refractivity contribution is 6.31. The second kappa shape index (κ2) is 9.37. The van der Waals surface area contributed by atoms with Crippen molar-refractivity contribution >= 4 is 57.6 Å². The summed E-state index contributed by atoms with van der Waals surface area (Å²) >= 11 is 12.2. The van der Waals surface area contributed by atoms with Gasteiger partial charge in [-0.1, -0.05) is 35.3 Å². The number of ether oxygens (including phenoxy) is 1. The van der Waals surface area contributed by atoms with Crippen LogP contribution in [0, 0.1) is 0 Å². The van der Waals surface area contributed by atoms with Crippen LogP contribution in [0.3, 0.4) is 0 Å². The Morgan fingerprint density at radius 3 is 2.44 bits per heavy atom. The standard InChI is InChI=1S/C27H21Cl2N3O2/c1-17(33)34-16-18-2-12-26-24(14-18)31-25-15-22(30-21-7-3-19(28)4-8-21)9-13-27(25)32(26)23-10-5-20(29)6-11-23/h2-8,10-15,30H,9,16H2,1H3. The number of nitrogens with one attached hydrogen (secondary N) is 1. The predicted molar refractivity (Wildman–Crippen MR) is 138 cm³/mol. The van der Waals surface area contributed by atoms with Crippen LogP contribution in [-0.4, -0.2) is 11.7 Å². The average molecular weight is 490 g/mol. The molecular formula is C27H21Cl2N3O2. The number of halogens is 2. The molecule has 0 bridgehead atoms. The molecule has 0 saturated carbocycles. The van der Waals surface area contributed by atoms with E-state index in [-0.39, 0.29) is 12.6 Å². The molecule has 1 N–H and O–H groups in total. The molecule has 0 aromatic heterocycles. The molecule has 5 rings (SSSR count). The fourth-order valence-electron chi connectivity index (χ4n) is 3.96. The van der Waals surface area contributed by atoms with Crippen molar-refractivity contribution in [3.8, 4) is 0 Å². The molecule has 1 heterocycles. The Bertz CT molecular complexity index is 1340. The molecule has 3 aromatic rings. The lowest BCUT2D eigenvalue weighted by atomic mass is 10.00. The number of aliphatic imine (C=N–C) groups is 1. The van der Waals surface area contributed by atoms with Gasteiger partial charge < -0.3 is 15.0 Å². The summed E-state index contributed by atoms with van der Waals surface area (Å²) in [5.74, 6) is -0.315. The summed E-state index contributed by atoms with van der Waals surface area (Å²) in [6, 6.07) is 21.3. The fourth-order valence-corrected chi connectivity index (χ4v) is 4.21. The minimum Gasteiger partial charge on any atom is -0.461 e. The minimum atomic E-state index is -0.315. The Labute approximate surface area is 208 Å². The van der Waals surface area contributed by atoms with Crippen LogP contribution in [0.5, 0.6) is 0 Å². The summed E-state index contributed by atoms with van der Waals surface area (Å²) < 4.78 is 5.18. The molecule has 0 saturated heterocycles. The molecule has 170 valence electrons. The van der Waals surface area contributed by atoms with E-state index >= 15 is 0 Å². The van der Waals surface area contributed by atoms with Crippen LogP contribution in [0.1, 0.15) is 18.9 Å². The molecule has 34 heavy (non-hydrogen) atoms. The van der Waals surface area contributed by atoms with Crippen LogP contribution in [0.15, 0.2) is 95.3 Å². The minimum absolute atomic E-state index is 0.205. The van der Waals surface area contributed by atoms with Gasteiger partial charge in [0.25, 0.3) is 0 Å². The molecule has 2 aliphatic rings. The van der Waals surface area contributed by atoms with Crippen LogP contribution in [0.2, 0.25) is 10.0 Å². The van der Waals surface area contributed by atoms with E-state index in [0.29, 0.717) is 10.0 Å². The van der Waals surface area contributed by atoms with Gasteiger partial charge in [0.15, 0.2) is 0 Å². The maximum absolute atomic E-state index is 11.3. The second-order valence-corrected chi connectivity index (χ2v) is 8.88. The maximum atomic E-state index is 11.3. The van der Waals surface area contributed by atoms with E-state index in [1.165, 1.54) is 6.92 Å². The number of hydrogen-bond donors (Lipinski definition) is 1. The first kappa shape index (κ1) is 22.3. The van der Waals surface area contributed by atoms with Gasteiger partial charge in [-0.15, -0.1) is 0 Å². The van der Waals surface area contributed by atoms with Crippen molar-refractivity contribution in [3.05, 3.63) is 106 Å². The van der Waals surface area contributed by atoms with E-state index in [1.54, 1.807) is 0 Å². The third-order valence-electron chi connectivity index (χ3n) is 5.53. The van der Waals surface area contributed by atoms with Gasteiger partial charge in [0.2, 0.25) is 0 Å². The van der Waals surface area contributed by atoms with E-state index in [2.05, 4.69) is 22.4 Å². The number of anilines is 3. The first-order valence-electron chi connectivity index (χ1n) is 10.8. The fraction of sp³-hybridized carbons (Fsp3) is 0.111. The number of benzene rings is 3. The van der Waals surface area contributed by atoms with Gasteiger partial charge in [-0.3, -0.25) is 4.79 Å². The van der Waals surface area contributed by atoms with Crippen molar-refractivity contribution in [2.45, 2.75) is 20.0 Å². The van der Waals surface area contributed by atoms with Gasteiger partial charge in [-0.05, 0) is 72.3 Å². The molecule has 7 heteroatoms. The Morgan fingerprint density at radius 1 is 1.03 bits per heavy atom. The summed E-state index contributed by atoms with van der Waals surface area (Å²) in [4.78, 5) is 18.4. The summed E-state index contributed by atoms with van der Waals surface area (Å²) in [5, 5.41) is 4.83. The molecule has 0 amide bonds. The quantitative estimate of drug-likeness (QED) is 0.375. The molecule has 0 radical (unpaired) electrons. The second-order valence-electron chi connectivity index (χ2n) is 8.01. The Kier molecular flexibility index (Phi) is 6.14. The van der Waals surface area contributed by atoms with E-state index < -0.39 is 0 Å². The van der Waals surface area contributed by atoms with Crippen LogP contribution in [0.4, 0.5) is 22.7 Å². The molecule has 3 aromatic carbocycles. The number of allylic oxidation sites excluding steroid dienone is 2. The van der Waals surface area contributed by atoms with Crippen LogP contribution >= 0.6 is 23.2 Å². The van der Waals surface area contributed by atoms with Gasteiger partial charge in [-0.25, -0.2) is 4.99 Å². The summed E-state index contributed by atoms with van der Waals surface area (Å²) in [6.07, 6.45) is 4.96. The van der Waals surface area contributed by atoms with E-state index in [0.717, 1.165) is 51.8 Å². The molecule has 0 fully saturated rings. The molecule has 5 nitrogen and oxygen atoms in total. The van der Waals surface area contributed by atoms with Gasteiger partial charge in [0.05, 0.1) is 22.8 Å². The zero-order valence-corrected chi connectivity index (χ0v) is 19.9. The van der Waals surface area contributed by atoms with Crippen molar-refractivity contribution in [2.24, 2.45) is 4.99 Å². The normalized spacial score (nSPS) is 14.3. The van der Waals surface area contributed by atoms with E-state index in [1.807, 2.05) is 66.7 Å². The average Bonchev–Trinajstić information content (AvgIpc) is 2.83. The molecule has 1 aliphatic heterocycles. The van der Waals surface area contributed by atoms with Crippen molar-refractivity contribution in [1.82, 2.24) is 0 Å². The first-order valence-corrected chi connectivity index (χ1v) is 11.6. The lowest BCUT2D eigenvalue weighted by Gasteiger charge is -2.34. The zero-order chi connectivity index (χ0) is 23.7. The van der Waals surface area contributed by atoms with Crippen molar-refractivity contribution in [2.75, 3.05) is 10.2 Å². The SMILES string of the molecule is CC(=O)OCc1ccc2c(c1)N=C1C=C(Nc3ccc(Cl)cc3)CC=C1N2c1ccc(Cl)cc1. The number of esters is 1. The summed E-state index contributed by atoms with van der Waals surface area (Å²) in [5.41, 5.74) is 7.45.